The van der Waals surface area contributed by atoms with Gasteiger partial charge in [-0.2, -0.15) is 0 Å². The number of thiazole rings is 1. The van der Waals surface area contributed by atoms with Gasteiger partial charge in [0.2, 0.25) is 5.91 Å². The molecule has 0 fully saturated rings. The Morgan fingerprint density at radius 3 is 2.51 bits per heavy atom. The number of nitrogens with one attached hydrogen (secondary N) is 2. The molecule has 0 radical (unpaired) electrons. The maximum atomic E-state index is 12.5. The average Bonchev–Trinajstić information content (AvgIpc) is 3.21. The molecule has 3 aromatic rings. The van der Waals surface area contributed by atoms with Crippen molar-refractivity contribution in [2.75, 3.05) is 19.6 Å². The lowest BCUT2D eigenvalue weighted by molar-refractivity contribution is -0.274. The van der Waals surface area contributed by atoms with Crippen molar-refractivity contribution >= 4 is 28.8 Å². The van der Waals surface area contributed by atoms with E-state index in [1.54, 1.807) is 12.1 Å². The molecule has 0 spiro atoms. The van der Waals surface area contributed by atoms with Crippen molar-refractivity contribution in [2.24, 2.45) is 4.99 Å². The molecule has 3 rings (SSSR count). The first kappa shape index (κ1) is 26.8. The minimum atomic E-state index is -4.74. The first-order valence-corrected chi connectivity index (χ1v) is 12.3. The molecule has 2 aromatic carbocycles. The summed E-state index contributed by atoms with van der Waals surface area (Å²) in [6.07, 6.45) is -4.01. The topological polar surface area (TPSA) is 67.7 Å². The number of carbonyl (C=O) groups is 1. The number of rotatable bonds is 11. The fourth-order valence-corrected chi connectivity index (χ4v) is 4.36. The normalized spacial score (nSPS) is 12.1. The first-order valence-electron chi connectivity index (χ1n) is 11.0. The maximum absolute atomic E-state index is 12.5. The molecule has 2 N–H and O–H groups in total. The molecule has 0 aliphatic carbocycles. The van der Waals surface area contributed by atoms with Gasteiger partial charge in [0.1, 0.15) is 5.75 Å². The van der Waals surface area contributed by atoms with Crippen LogP contribution in [0.5, 0.6) is 5.75 Å². The smallest absolute Gasteiger partial charge is 0.406 e. The molecule has 0 atom stereocenters. The van der Waals surface area contributed by atoms with Crippen LogP contribution in [0, 0.1) is 0 Å². The summed E-state index contributed by atoms with van der Waals surface area (Å²) in [5, 5.41) is 8.44. The third-order valence-electron chi connectivity index (χ3n) is 4.89. The summed E-state index contributed by atoms with van der Waals surface area (Å²) < 4.78 is 43.5. The number of carbonyl (C=O) groups excluding carboxylic acids is 1. The van der Waals surface area contributed by atoms with Crippen LogP contribution < -0.4 is 20.2 Å². The highest BCUT2D eigenvalue weighted by Crippen LogP contribution is 2.27. The maximum Gasteiger partial charge on any atom is 0.573 e. The van der Waals surface area contributed by atoms with Gasteiger partial charge in [0.15, 0.2) is 4.80 Å². The van der Waals surface area contributed by atoms with E-state index < -0.39 is 6.36 Å². The number of ether oxygens (including phenoxy) is 1. The molecule has 0 saturated carbocycles. The molecule has 35 heavy (non-hydrogen) atoms. The molecule has 0 unspecified atom stereocenters. The molecule has 188 valence electrons. The summed E-state index contributed by atoms with van der Waals surface area (Å²) in [6, 6.07) is 13.2. The van der Waals surface area contributed by atoms with Crippen LogP contribution in [0.15, 0.2) is 58.9 Å². The Morgan fingerprint density at radius 2 is 1.86 bits per heavy atom. The Balaban J connectivity index is 1.78. The number of nitrogens with zero attached hydrogens (tertiary/aromatic N) is 2. The van der Waals surface area contributed by atoms with Crippen molar-refractivity contribution in [3.8, 4) is 17.0 Å². The van der Waals surface area contributed by atoms with Crippen LogP contribution >= 0.6 is 22.9 Å². The molecule has 0 aliphatic rings. The van der Waals surface area contributed by atoms with Gasteiger partial charge in [-0.15, -0.1) is 24.5 Å². The number of hydrogen-bond donors (Lipinski definition) is 2. The van der Waals surface area contributed by atoms with Crippen LogP contribution in [0.2, 0.25) is 5.02 Å². The van der Waals surface area contributed by atoms with E-state index in [2.05, 4.69) is 15.4 Å². The largest absolute Gasteiger partial charge is 0.573 e. The van der Waals surface area contributed by atoms with Crippen LogP contribution in [-0.2, 0) is 17.9 Å². The zero-order chi connectivity index (χ0) is 25.3. The van der Waals surface area contributed by atoms with E-state index in [0.717, 1.165) is 28.0 Å². The van der Waals surface area contributed by atoms with Crippen LogP contribution in [-0.4, -0.2) is 36.5 Å². The number of hydrogen-bond acceptors (Lipinski definition) is 5. The van der Waals surface area contributed by atoms with E-state index in [1.165, 1.54) is 23.5 Å². The number of likely N-dealkylation sites (N-methyl/N-ethyl adjacent to an activating group) is 1. The molecule has 0 bridgehead atoms. The van der Waals surface area contributed by atoms with E-state index in [4.69, 9.17) is 16.6 Å². The summed E-state index contributed by atoms with van der Waals surface area (Å²) in [7, 11) is 0. The minimum absolute atomic E-state index is 0.0591. The number of alkyl halides is 3. The second-order valence-electron chi connectivity index (χ2n) is 7.55. The minimum Gasteiger partial charge on any atom is -0.406 e. The van der Waals surface area contributed by atoms with Gasteiger partial charge in [0.05, 0.1) is 18.8 Å². The van der Waals surface area contributed by atoms with Gasteiger partial charge < -0.3 is 19.9 Å². The predicted molar refractivity (Wildman–Crippen MR) is 131 cm³/mol. The summed E-state index contributed by atoms with van der Waals surface area (Å²) in [5.74, 6) is -0.332. The monoisotopic (exact) mass is 526 g/mol. The lowest BCUT2D eigenvalue weighted by Crippen LogP contribution is -2.34. The second-order valence-corrected chi connectivity index (χ2v) is 8.83. The molecule has 0 aliphatic heterocycles. The molecular weight excluding hydrogens is 501 g/mol. The van der Waals surface area contributed by atoms with Gasteiger partial charge in [-0.3, -0.25) is 9.79 Å². The highest BCUT2D eigenvalue weighted by Gasteiger charge is 2.31. The van der Waals surface area contributed by atoms with Crippen LogP contribution in [0.1, 0.15) is 18.9 Å². The average molecular weight is 527 g/mol. The SMILES string of the molecule is CCNC(=O)CNCCCn1c(-c2ccc(OC(F)(F)F)cc2)csc1=NCc1ccc(Cl)cc1. The van der Waals surface area contributed by atoms with Gasteiger partial charge in [0.25, 0.3) is 0 Å². The van der Waals surface area contributed by atoms with Crippen molar-refractivity contribution in [1.29, 1.82) is 0 Å². The zero-order valence-electron chi connectivity index (χ0n) is 19.1. The van der Waals surface area contributed by atoms with E-state index >= 15 is 0 Å². The Kier molecular flexibility index (Phi) is 9.76. The lowest BCUT2D eigenvalue weighted by atomic mass is 10.1. The van der Waals surface area contributed by atoms with Crippen molar-refractivity contribution < 1.29 is 22.7 Å². The fourth-order valence-electron chi connectivity index (χ4n) is 3.30. The molecule has 1 amide bonds. The van der Waals surface area contributed by atoms with Crippen molar-refractivity contribution in [3.05, 3.63) is 69.3 Å². The number of halogens is 4. The summed E-state index contributed by atoms with van der Waals surface area (Å²) in [6.45, 7) is 4.38. The molecule has 6 nitrogen and oxygen atoms in total. The van der Waals surface area contributed by atoms with Crippen molar-refractivity contribution in [2.45, 2.75) is 32.8 Å². The third-order valence-corrected chi connectivity index (χ3v) is 6.04. The van der Waals surface area contributed by atoms with Gasteiger partial charge in [-0.1, -0.05) is 23.7 Å². The number of amides is 1. The Hall–Kier alpha value is -2.82. The number of benzene rings is 2. The van der Waals surface area contributed by atoms with Crippen LogP contribution in [0.25, 0.3) is 11.3 Å². The summed E-state index contributed by atoms with van der Waals surface area (Å²) >= 11 is 7.41. The van der Waals surface area contributed by atoms with Crippen LogP contribution in [0.3, 0.4) is 0 Å². The Labute approximate surface area is 210 Å². The van der Waals surface area contributed by atoms with Gasteiger partial charge in [0, 0.05) is 23.5 Å². The highest BCUT2D eigenvalue weighted by atomic mass is 35.5. The zero-order valence-corrected chi connectivity index (χ0v) is 20.6. The van der Waals surface area contributed by atoms with Crippen molar-refractivity contribution in [3.63, 3.8) is 0 Å². The van der Waals surface area contributed by atoms with E-state index in [9.17, 15) is 18.0 Å². The standard InChI is InChI=1S/C24H26ClF3N4O2S/c1-2-30-22(33)15-29-12-3-13-32-21(18-6-10-20(11-7-18)34-24(26,27)28)16-35-23(32)31-14-17-4-8-19(25)9-5-17/h4-11,16,29H,2-3,12-15H2,1H3,(H,30,33). The Morgan fingerprint density at radius 1 is 1.14 bits per heavy atom. The summed E-state index contributed by atoms with van der Waals surface area (Å²) in [5.41, 5.74) is 2.60. The van der Waals surface area contributed by atoms with E-state index in [1.807, 2.05) is 41.1 Å². The van der Waals surface area contributed by atoms with Gasteiger partial charge >= 0.3 is 6.36 Å². The Bertz CT molecular complexity index is 1160. The lowest BCUT2D eigenvalue weighted by Gasteiger charge is -2.12. The van der Waals surface area contributed by atoms with Crippen LogP contribution in [0.4, 0.5) is 13.2 Å². The summed E-state index contributed by atoms with van der Waals surface area (Å²) in [4.78, 5) is 17.1. The molecule has 0 saturated heterocycles. The number of aromatic nitrogens is 1. The second kappa shape index (κ2) is 12.8. The fraction of sp³-hybridized carbons (Fsp3) is 0.333. The van der Waals surface area contributed by atoms with Gasteiger partial charge in [-0.25, -0.2) is 0 Å². The van der Waals surface area contributed by atoms with Crippen molar-refractivity contribution in [1.82, 2.24) is 15.2 Å². The molecule has 1 aromatic heterocycles. The molecular formula is C24H26ClF3N4O2S. The predicted octanol–water partition coefficient (Wildman–Crippen LogP) is 4.99. The quantitative estimate of drug-likeness (QED) is 0.346. The highest BCUT2D eigenvalue weighted by molar-refractivity contribution is 7.07. The third kappa shape index (κ3) is 8.72. The van der Waals surface area contributed by atoms with E-state index in [0.29, 0.717) is 31.2 Å². The van der Waals surface area contributed by atoms with E-state index in [-0.39, 0.29) is 18.2 Å². The molecule has 1 heterocycles. The van der Waals surface area contributed by atoms with Gasteiger partial charge in [-0.05, 0) is 67.4 Å². The molecule has 11 heteroatoms. The first-order chi connectivity index (χ1) is 16.7.